The average molecular weight is 281 g/mol. The number of hydrogen-bond acceptors (Lipinski definition) is 3. The zero-order valence-electron chi connectivity index (χ0n) is 13.2. The molecule has 2 aliphatic heterocycles. The van der Waals surface area contributed by atoms with Gasteiger partial charge in [-0.25, -0.2) is 0 Å². The zero-order valence-corrected chi connectivity index (χ0v) is 13.2. The van der Waals surface area contributed by atoms with Crippen LogP contribution >= 0.6 is 0 Å². The molecule has 0 amide bonds. The van der Waals surface area contributed by atoms with E-state index in [1.54, 1.807) is 0 Å². The van der Waals surface area contributed by atoms with Crippen LogP contribution in [0.3, 0.4) is 0 Å². The van der Waals surface area contributed by atoms with E-state index in [0.29, 0.717) is 17.5 Å². The van der Waals surface area contributed by atoms with Crippen LogP contribution in [-0.2, 0) is 9.47 Å². The molecule has 2 saturated heterocycles. The van der Waals surface area contributed by atoms with E-state index >= 15 is 0 Å². The molecule has 1 spiro atoms. The molecule has 3 nitrogen and oxygen atoms in total. The second kappa shape index (κ2) is 5.94. The van der Waals surface area contributed by atoms with E-state index in [1.165, 1.54) is 38.5 Å². The van der Waals surface area contributed by atoms with Crippen molar-refractivity contribution in [2.75, 3.05) is 19.8 Å². The van der Waals surface area contributed by atoms with Crippen molar-refractivity contribution < 1.29 is 9.47 Å². The maximum absolute atomic E-state index is 6.16. The second-order valence-electron chi connectivity index (χ2n) is 7.79. The molecule has 20 heavy (non-hydrogen) atoms. The predicted molar refractivity (Wildman–Crippen MR) is 80.9 cm³/mol. The Morgan fingerprint density at radius 1 is 0.950 bits per heavy atom. The molecule has 1 saturated carbocycles. The minimum Gasteiger partial charge on any atom is -0.381 e. The topological polar surface area (TPSA) is 30.5 Å². The van der Waals surface area contributed by atoms with Crippen molar-refractivity contribution in [3.63, 3.8) is 0 Å². The first kappa shape index (κ1) is 14.8. The predicted octanol–water partition coefficient (Wildman–Crippen LogP) is 3.27. The molecule has 2 unspecified atom stereocenters. The first-order valence-electron chi connectivity index (χ1n) is 8.58. The van der Waals surface area contributed by atoms with Crippen LogP contribution in [0.25, 0.3) is 0 Å². The van der Waals surface area contributed by atoms with Crippen LogP contribution in [0.4, 0.5) is 0 Å². The summed E-state index contributed by atoms with van der Waals surface area (Å²) in [6, 6.07) is 1.33. The molecular weight excluding hydrogens is 250 g/mol. The van der Waals surface area contributed by atoms with Crippen LogP contribution in [0.5, 0.6) is 0 Å². The summed E-state index contributed by atoms with van der Waals surface area (Å²) in [5.41, 5.74) is 0.576. The highest BCUT2D eigenvalue weighted by atomic mass is 16.5. The van der Waals surface area contributed by atoms with E-state index in [2.05, 4.69) is 19.2 Å². The molecule has 2 heterocycles. The Labute approximate surface area is 123 Å². The fraction of sp³-hybridized carbons (Fsp3) is 1.00. The molecule has 3 rings (SSSR count). The van der Waals surface area contributed by atoms with Crippen LogP contribution in [-0.4, -0.2) is 37.5 Å². The van der Waals surface area contributed by atoms with Crippen molar-refractivity contribution in [1.82, 2.24) is 5.32 Å². The number of ether oxygens (including phenoxy) is 2. The highest BCUT2D eigenvalue weighted by Gasteiger charge is 2.41. The molecule has 0 aromatic heterocycles. The van der Waals surface area contributed by atoms with E-state index in [-0.39, 0.29) is 5.60 Å². The van der Waals surface area contributed by atoms with E-state index in [9.17, 15) is 0 Å². The molecule has 1 aliphatic carbocycles. The number of hydrogen-bond donors (Lipinski definition) is 1. The van der Waals surface area contributed by atoms with E-state index in [1.807, 2.05) is 0 Å². The Bertz CT molecular complexity index is 317. The fourth-order valence-electron chi connectivity index (χ4n) is 4.35. The quantitative estimate of drug-likeness (QED) is 0.842. The monoisotopic (exact) mass is 281 g/mol. The van der Waals surface area contributed by atoms with Gasteiger partial charge >= 0.3 is 0 Å². The summed E-state index contributed by atoms with van der Waals surface area (Å²) in [5, 5.41) is 4.00. The first-order valence-corrected chi connectivity index (χ1v) is 8.58. The molecule has 0 aromatic rings. The Morgan fingerprint density at radius 2 is 1.75 bits per heavy atom. The van der Waals surface area contributed by atoms with Crippen LogP contribution in [0.2, 0.25) is 0 Å². The van der Waals surface area contributed by atoms with Gasteiger partial charge in [0.15, 0.2) is 0 Å². The molecule has 2 atom stereocenters. The second-order valence-corrected chi connectivity index (χ2v) is 7.79. The summed E-state index contributed by atoms with van der Waals surface area (Å²) in [4.78, 5) is 0. The lowest BCUT2D eigenvalue weighted by Crippen LogP contribution is -2.55. The van der Waals surface area contributed by atoms with E-state index in [0.717, 1.165) is 32.7 Å². The lowest BCUT2D eigenvalue weighted by atomic mass is 9.72. The van der Waals surface area contributed by atoms with Gasteiger partial charge in [-0.1, -0.05) is 26.7 Å². The van der Waals surface area contributed by atoms with Gasteiger partial charge in [0.2, 0.25) is 0 Å². The molecule has 1 N–H and O–H groups in total. The van der Waals surface area contributed by atoms with Gasteiger partial charge in [0.05, 0.1) is 5.60 Å². The van der Waals surface area contributed by atoms with Crippen molar-refractivity contribution in [2.45, 2.75) is 82.9 Å². The maximum atomic E-state index is 6.16. The van der Waals surface area contributed by atoms with Gasteiger partial charge in [-0.15, -0.1) is 0 Å². The molecule has 3 heteroatoms. The van der Waals surface area contributed by atoms with E-state index in [4.69, 9.17) is 9.47 Å². The normalized spacial score (nSPS) is 36.9. The van der Waals surface area contributed by atoms with Crippen LogP contribution in [0.15, 0.2) is 0 Å². The molecule has 0 aromatic carbocycles. The van der Waals surface area contributed by atoms with Crippen molar-refractivity contribution in [2.24, 2.45) is 5.41 Å². The third-order valence-corrected chi connectivity index (χ3v) is 5.84. The van der Waals surface area contributed by atoms with Gasteiger partial charge in [0.25, 0.3) is 0 Å². The van der Waals surface area contributed by atoms with Crippen molar-refractivity contribution >= 4 is 0 Å². The first-order chi connectivity index (χ1) is 9.60. The standard InChI is InChI=1S/C17H31NO2/c1-16(2)7-4-3-5-15(16)18-14-6-10-20-17(13-14)8-11-19-12-9-17/h14-15,18H,3-13H2,1-2H3. The minimum atomic E-state index is 0.118. The van der Waals surface area contributed by atoms with Gasteiger partial charge in [-0.2, -0.15) is 0 Å². The molecule has 0 radical (unpaired) electrons. The van der Waals surface area contributed by atoms with Crippen LogP contribution in [0, 0.1) is 5.41 Å². The average Bonchev–Trinajstić information content (AvgIpc) is 2.42. The van der Waals surface area contributed by atoms with Crippen molar-refractivity contribution in [3.8, 4) is 0 Å². The zero-order chi connectivity index (χ0) is 14.1. The molecule has 116 valence electrons. The summed E-state index contributed by atoms with van der Waals surface area (Å²) >= 11 is 0. The molecule has 3 aliphatic rings. The summed E-state index contributed by atoms with van der Waals surface area (Å²) in [5.74, 6) is 0. The van der Waals surface area contributed by atoms with Gasteiger partial charge in [-0.3, -0.25) is 0 Å². The van der Waals surface area contributed by atoms with E-state index < -0.39 is 0 Å². The maximum Gasteiger partial charge on any atom is 0.0741 e. The van der Waals surface area contributed by atoms with Crippen molar-refractivity contribution in [3.05, 3.63) is 0 Å². The third-order valence-electron chi connectivity index (χ3n) is 5.84. The Hall–Kier alpha value is -0.120. The molecule has 0 bridgehead atoms. The Morgan fingerprint density at radius 3 is 2.50 bits per heavy atom. The van der Waals surface area contributed by atoms with Gasteiger partial charge in [0, 0.05) is 31.9 Å². The highest BCUT2D eigenvalue weighted by Crippen LogP contribution is 2.38. The Kier molecular flexibility index (Phi) is 4.40. The lowest BCUT2D eigenvalue weighted by molar-refractivity contribution is -0.142. The van der Waals surface area contributed by atoms with Gasteiger partial charge in [-0.05, 0) is 43.9 Å². The number of nitrogens with one attached hydrogen (secondary N) is 1. The van der Waals surface area contributed by atoms with Gasteiger partial charge in [0.1, 0.15) is 0 Å². The fourth-order valence-corrected chi connectivity index (χ4v) is 4.35. The summed E-state index contributed by atoms with van der Waals surface area (Å²) in [6.07, 6.45) is 10.0. The SMILES string of the molecule is CC1(C)CCCCC1NC1CCOC2(CCOCC2)C1. The van der Waals surface area contributed by atoms with Gasteiger partial charge < -0.3 is 14.8 Å². The number of rotatable bonds is 2. The van der Waals surface area contributed by atoms with Crippen LogP contribution < -0.4 is 5.32 Å². The van der Waals surface area contributed by atoms with Crippen LogP contribution in [0.1, 0.15) is 65.2 Å². The molecular formula is C17H31NO2. The van der Waals surface area contributed by atoms with Crippen molar-refractivity contribution in [1.29, 1.82) is 0 Å². The third kappa shape index (κ3) is 3.20. The largest absolute Gasteiger partial charge is 0.381 e. The lowest BCUT2D eigenvalue weighted by Gasteiger charge is -2.47. The minimum absolute atomic E-state index is 0.118. The summed E-state index contributed by atoms with van der Waals surface area (Å²) in [7, 11) is 0. The Balaban J connectivity index is 1.59. The molecule has 3 fully saturated rings. The summed E-state index contributed by atoms with van der Waals surface area (Å²) < 4.78 is 11.7. The summed E-state index contributed by atoms with van der Waals surface area (Å²) in [6.45, 7) is 7.55. The highest BCUT2D eigenvalue weighted by molar-refractivity contribution is 4.95. The smallest absolute Gasteiger partial charge is 0.0741 e.